The van der Waals surface area contributed by atoms with Gasteiger partial charge in [-0.25, -0.2) is 4.39 Å². The first-order valence-corrected chi connectivity index (χ1v) is 5.73. The molecule has 0 saturated carbocycles. The SMILES string of the molecule is CC(C)(c1ccccc1F)N1C(=O)C[C@H](N)C1=O. The molecule has 4 nitrogen and oxygen atoms in total. The molecule has 2 N–H and O–H groups in total. The van der Waals surface area contributed by atoms with Gasteiger partial charge in [-0.3, -0.25) is 14.5 Å². The Labute approximate surface area is 105 Å². The van der Waals surface area contributed by atoms with E-state index in [1.165, 1.54) is 6.07 Å². The van der Waals surface area contributed by atoms with Crippen LogP contribution in [-0.2, 0) is 15.1 Å². The van der Waals surface area contributed by atoms with Gasteiger partial charge in [-0.05, 0) is 19.9 Å². The molecule has 0 bridgehead atoms. The minimum absolute atomic E-state index is 0.0171. The Morgan fingerprint density at radius 3 is 2.44 bits per heavy atom. The Bertz CT molecular complexity index is 513. The van der Waals surface area contributed by atoms with E-state index < -0.39 is 23.3 Å². The average Bonchev–Trinajstić information content (AvgIpc) is 2.53. The van der Waals surface area contributed by atoms with Gasteiger partial charge in [0.2, 0.25) is 11.8 Å². The third-order valence-electron chi connectivity index (χ3n) is 3.27. The quantitative estimate of drug-likeness (QED) is 0.801. The highest BCUT2D eigenvalue weighted by molar-refractivity contribution is 6.06. The van der Waals surface area contributed by atoms with E-state index in [1.807, 2.05) is 0 Å². The van der Waals surface area contributed by atoms with Crippen LogP contribution in [0.4, 0.5) is 4.39 Å². The molecule has 1 saturated heterocycles. The van der Waals surface area contributed by atoms with E-state index in [0.717, 1.165) is 4.90 Å². The molecule has 0 unspecified atom stereocenters. The van der Waals surface area contributed by atoms with E-state index in [0.29, 0.717) is 5.56 Å². The van der Waals surface area contributed by atoms with Crippen LogP contribution < -0.4 is 5.73 Å². The zero-order valence-electron chi connectivity index (χ0n) is 10.3. The van der Waals surface area contributed by atoms with Crippen molar-refractivity contribution in [2.45, 2.75) is 31.8 Å². The lowest BCUT2D eigenvalue weighted by Crippen LogP contribution is -2.47. The summed E-state index contributed by atoms with van der Waals surface area (Å²) < 4.78 is 13.8. The lowest BCUT2D eigenvalue weighted by Gasteiger charge is -2.34. The van der Waals surface area contributed by atoms with Crippen LogP contribution >= 0.6 is 0 Å². The average molecular weight is 250 g/mol. The molecule has 96 valence electrons. The normalized spacial score (nSPS) is 20.7. The molecule has 1 aliphatic heterocycles. The molecule has 0 aliphatic carbocycles. The Hall–Kier alpha value is -1.75. The number of nitrogens with two attached hydrogens (primary N) is 1. The van der Waals surface area contributed by atoms with E-state index in [2.05, 4.69) is 0 Å². The van der Waals surface area contributed by atoms with Gasteiger partial charge in [0.05, 0.1) is 18.0 Å². The number of nitrogens with zero attached hydrogens (tertiary/aromatic N) is 1. The van der Waals surface area contributed by atoms with Crippen molar-refractivity contribution in [2.24, 2.45) is 5.73 Å². The molecule has 2 amide bonds. The van der Waals surface area contributed by atoms with Crippen LogP contribution in [0.25, 0.3) is 0 Å². The largest absolute Gasteiger partial charge is 0.319 e. The lowest BCUT2D eigenvalue weighted by atomic mass is 9.92. The van der Waals surface area contributed by atoms with Crippen molar-refractivity contribution < 1.29 is 14.0 Å². The van der Waals surface area contributed by atoms with Crippen molar-refractivity contribution >= 4 is 11.8 Å². The highest BCUT2D eigenvalue weighted by atomic mass is 19.1. The molecule has 1 fully saturated rings. The number of hydrogen-bond donors (Lipinski definition) is 1. The monoisotopic (exact) mass is 250 g/mol. The van der Waals surface area contributed by atoms with Crippen LogP contribution in [0.2, 0.25) is 0 Å². The molecule has 5 heteroatoms. The third-order valence-corrected chi connectivity index (χ3v) is 3.27. The molecule has 0 radical (unpaired) electrons. The van der Waals surface area contributed by atoms with Gasteiger partial charge in [-0.15, -0.1) is 0 Å². The number of carbonyl (C=O) groups excluding carboxylic acids is 2. The highest BCUT2D eigenvalue weighted by Gasteiger charge is 2.46. The number of amides is 2. The number of carbonyl (C=O) groups is 2. The van der Waals surface area contributed by atoms with Gasteiger partial charge < -0.3 is 5.73 Å². The number of likely N-dealkylation sites (tertiary alicyclic amines) is 1. The van der Waals surface area contributed by atoms with Crippen LogP contribution in [0.15, 0.2) is 24.3 Å². The van der Waals surface area contributed by atoms with Gasteiger partial charge in [0, 0.05) is 5.56 Å². The highest BCUT2D eigenvalue weighted by Crippen LogP contribution is 2.33. The summed E-state index contributed by atoms with van der Waals surface area (Å²) in [5.41, 5.74) is 4.84. The summed E-state index contributed by atoms with van der Waals surface area (Å²) in [6.07, 6.45) is -0.0171. The fourth-order valence-electron chi connectivity index (χ4n) is 2.32. The van der Waals surface area contributed by atoms with Crippen LogP contribution in [0.3, 0.4) is 0 Å². The number of imide groups is 1. The summed E-state index contributed by atoms with van der Waals surface area (Å²) in [5.74, 6) is -1.25. The van der Waals surface area contributed by atoms with E-state index in [1.54, 1.807) is 32.0 Å². The standard InChI is InChI=1S/C13H15FN2O2/c1-13(2,8-5-3-4-6-9(8)14)16-11(17)7-10(15)12(16)18/h3-6,10H,7,15H2,1-2H3/t10-/m0/s1. The molecule has 0 aromatic heterocycles. The molecular formula is C13H15FN2O2. The van der Waals surface area contributed by atoms with Gasteiger partial charge in [-0.1, -0.05) is 18.2 Å². The Morgan fingerprint density at radius 1 is 1.33 bits per heavy atom. The van der Waals surface area contributed by atoms with Crippen molar-refractivity contribution in [3.63, 3.8) is 0 Å². The first-order valence-electron chi connectivity index (χ1n) is 5.73. The smallest absolute Gasteiger partial charge is 0.247 e. The number of benzene rings is 1. The lowest BCUT2D eigenvalue weighted by molar-refractivity contribution is -0.145. The summed E-state index contributed by atoms with van der Waals surface area (Å²) in [7, 11) is 0. The fraction of sp³-hybridized carbons (Fsp3) is 0.385. The van der Waals surface area contributed by atoms with E-state index in [9.17, 15) is 14.0 Å². The van der Waals surface area contributed by atoms with E-state index >= 15 is 0 Å². The Balaban J connectivity index is 2.46. The first kappa shape index (κ1) is 12.7. The van der Waals surface area contributed by atoms with Crippen LogP contribution in [-0.4, -0.2) is 22.8 Å². The second kappa shape index (κ2) is 4.17. The summed E-state index contributed by atoms with van der Waals surface area (Å²) >= 11 is 0. The number of halogens is 1. The van der Waals surface area contributed by atoms with Crippen molar-refractivity contribution in [3.05, 3.63) is 35.6 Å². The zero-order chi connectivity index (χ0) is 13.5. The van der Waals surface area contributed by atoms with Gasteiger partial charge in [0.25, 0.3) is 0 Å². The predicted molar refractivity (Wildman–Crippen MR) is 63.9 cm³/mol. The van der Waals surface area contributed by atoms with E-state index in [-0.39, 0.29) is 12.3 Å². The molecule has 1 aliphatic rings. The summed E-state index contributed by atoms with van der Waals surface area (Å²) in [6.45, 7) is 3.28. The summed E-state index contributed by atoms with van der Waals surface area (Å²) in [4.78, 5) is 24.8. The molecular weight excluding hydrogens is 235 g/mol. The molecule has 0 spiro atoms. The number of rotatable bonds is 2. The van der Waals surface area contributed by atoms with Crippen LogP contribution in [0.1, 0.15) is 25.8 Å². The van der Waals surface area contributed by atoms with Crippen molar-refractivity contribution in [2.75, 3.05) is 0 Å². The van der Waals surface area contributed by atoms with Gasteiger partial charge in [-0.2, -0.15) is 0 Å². The number of hydrogen-bond acceptors (Lipinski definition) is 3. The molecule has 1 aromatic rings. The molecule has 1 heterocycles. The van der Waals surface area contributed by atoms with Gasteiger partial charge in [0.15, 0.2) is 0 Å². The molecule has 2 rings (SSSR count). The van der Waals surface area contributed by atoms with Crippen LogP contribution in [0.5, 0.6) is 0 Å². The minimum atomic E-state index is -1.03. The zero-order valence-corrected chi connectivity index (χ0v) is 10.3. The van der Waals surface area contributed by atoms with Gasteiger partial charge >= 0.3 is 0 Å². The molecule has 1 atom stereocenters. The van der Waals surface area contributed by atoms with Crippen molar-refractivity contribution in [1.82, 2.24) is 4.90 Å². The Morgan fingerprint density at radius 2 is 1.94 bits per heavy atom. The maximum absolute atomic E-state index is 13.8. The molecule has 18 heavy (non-hydrogen) atoms. The minimum Gasteiger partial charge on any atom is -0.319 e. The van der Waals surface area contributed by atoms with Crippen molar-refractivity contribution in [1.29, 1.82) is 0 Å². The van der Waals surface area contributed by atoms with Gasteiger partial charge in [0.1, 0.15) is 5.82 Å². The fourth-order valence-corrected chi connectivity index (χ4v) is 2.32. The van der Waals surface area contributed by atoms with Crippen LogP contribution in [0, 0.1) is 5.82 Å². The predicted octanol–water partition coefficient (Wildman–Crippen LogP) is 1.15. The molecule has 1 aromatic carbocycles. The topological polar surface area (TPSA) is 63.4 Å². The summed E-state index contributed by atoms with van der Waals surface area (Å²) in [6, 6.07) is 5.30. The second-order valence-corrected chi connectivity index (χ2v) is 4.92. The maximum atomic E-state index is 13.8. The third kappa shape index (κ3) is 1.80. The Kier molecular flexibility index (Phi) is 2.94. The van der Waals surface area contributed by atoms with Crippen molar-refractivity contribution in [3.8, 4) is 0 Å². The summed E-state index contributed by atoms with van der Waals surface area (Å²) in [5, 5.41) is 0. The van der Waals surface area contributed by atoms with E-state index in [4.69, 9.17) is 5.73 Å². The second-order valence-electron chi connectivity index (χ2n) is 4.92. The first-order chi connectivity index (χ1) is 8.35. The maximum Gasteiger partial charge on any atom is 0.247 e.